The van der Waals surface area contributed by atoms with Gasteiger partial charge in [0.05, 0.1) is 0 Å². The molecular weight excluding hydrogens is 814 g/mol. The average Bonchev–Trinajstić information content (AvgIpc) is 3.00. The predicted octanol–water partition coefficient (Wildman–Crippen LogP) is 9.91. The maximum atomic E-state index is 10.2. The van der Waals surface area contributed by atoms with E-state index in [0.717, 1.165) is 25.7 Å². The van der Waals surface area contributed by atoms with Gasteiger partial charge in [-0.25, -0.2) is 0 Å². The Hall–Kier alpha value is -0.0881. The van der Waals surface area contributed by atoms with Crippen LogP contribution in [0.5, 0.6) is 0 Å². The van der Waals surface area contributed by atoms with Gasteiger partial charge in [0.25, 0.3) is 0 Å². The quantitative estimate of drug-likeness (QED) is 0.0577. The van der Waals surface area contributed by atoms with Crippen LogP contribution < -0.4 is 10.2 Å². The Morgan fingerprint density at radius 2 is 0.426 bits per heavy atom. The molecule has 6 nitrogen and oxygen atoms in total. The number of carbonyl (C=O) groups excluding carboxylic acids is 2. The predicted molar refractivity (Wildman–Crippen MR) is 195 cm³/mol. The van der Waals surface area contributed by atoms with Crippen molar-refractivity contribution in [3.8, 4) is 0 Å². The molecule has 0 saturated carbocycles. The van der Waals surface area contributed by atoms with Crippen LogP contribution in [0.15, 0.2) is 0 Å². The summed E-state index contributed by atoms with van der Waals surface area (Å²) in [6.45, 7) is 4.55. The Morgan fingerprint density at radius 3 is 0.553 bits per heavy atom. The number of rotatable bonds is 36. The molecule has 0 atom stereocenters. The Balaban J connectivity index is -0.000000235. The van der Waals surface area contributed by atoms with Crippen LogP contribution in [-0.2, 0) is 9.59 Å². The molecule has 0 rings (SSSR count). The first-order chi connectivity index (χ1) is 21.5. The van der Waals surface area contributed by atoms with Crippen LogP contribution in [0.4, 0.5) is 0 Å². The molecule has 0 saturated heterocycles. The van der Waals surface area contributed by atoms with Crippen molar-refractivity contribution in [2.24, 2.45) is 0 Å². The minimum Gasteiger partial charge on any atom is -0.550 e. The van der Waals surface area contributed by atoms with Crippen molar-refractivity contribution in [1.29, 1.82) is 0 Å². The van der Waals surface area contributed by atoms with Gasteiger partial charge in [-0.05, 0) is 25.7 Å². The maximum absolute atomic E-state index is 10.2. The molecule has 0 aromatic rings. The third kappa shape index (κ3) is 61.6. The Bertz CT molecular complexity index is 513. The van der Waals surface area contributed by atoms with Crippen molar-refractivity contribution in [2.45, 2.75) is 245 Å². The summed E-state index contributed by atoms with van der Waals surface area (Å²) in [6.07, 6.45) is 45.6. The zero-order valence-electron chi connectivity index (χ0n) is 31.6. The molecule has 0 aromatic heterocycles. The van der Waals surface area contributed by atoms with Crippen LogP contribution in [0, 0.1) is 31.1 Å². The van der Waals surface area contributed by atoms with Crippen LogP contribution in [0.25, 0.3) is 0 Å². The normalized spacial score (nSPS) is 10.3. The third-order valence-electron chi connectivity index (χ3n) is 8.97. The third-order valence-corrected chi connectivity index (χ3v) is 8.97. The first kappa shape index (κ1) is 56.3. The van der Waals surface area contributed by atoms with Gasteiger partial charge in [0, 0.05) is 11.9 Å². The molecule has 4 N–H and O–H groups in total. The number of carboxylic acid groups (broad SMARTS) is 2. The van der Waals surface area contributed by atoms with Gasteiger partial charge in [0.2, 0.25) is 0 Å². The molecule has 0 amide bonds. The van der Waals surface area contributed by atoms with Gasteiger partial charge < -0.3 is 30.8 Å². The maximum Gasteiger partial charge on any atom is 2.00 e. The molecule has 0 bridgehead atoms. The second-order valence-electron chi connectivity index (χ2n) is 13.6. The number of carbonyl (C=O) groups is 2. The number of carboxylic acids is 2. The molecule has 0 aromatic carbocycles. The molecule has 0 spiro atoms. The molecule has 0 aliphatic carbocycles. The van der Waals surface area contributed by atoms with Crippen LogP contribution in [0.3, 0.4) is 0 Å². The van der Waals surface area contributed by atoms with Crippen LogP contribution in [0.2, 0.25) is 0 Å². The Morgan fingerprint density at radius 1 is 0.298 bits per heavy atom. The van der Waals surface area contributed by atoms with E-state index in [2.05, 4.69) is 13.8 Å². The first-order valence-corrected chi connectivity index (χ1v) is 19.9. The number of hydrogen-bond donors (Lipinski definition) is 0. The van der Waals surface area contributed by atoms with Crippen molar-refractivity contribution in [2.75, 3.05) is 0 Å². The fourth-order valence-electron chi connectivity index (χ4n) is 5.99. The molecule has 0 heterocycles. The van der Waals surface area contributed by atoms with Crippen LogP contribution >= 0.6 is 0 Å². The first-order valence-electron chi connectivity index (χ1n) is 19.9. The fraction of sp³-hybridized carbons (Fsp3) is 0.950. The monoisotopic (exact) mass is 897 g/mol. The molecule has 0 unspecified atom stereocenters. The summed E-state index contributed by atoms with van der Waals surface area (Å²) in [5.74, 6) is -1.80. The van der Waals surface area contributed by atoms with Gasteiger partial charge in [-0.1, -0.05) is 219 Å². The summed E-state index contributed by atoms with van der Waals surface area (Å²) >= 11 is 0. The van der Waals surface area contributed by atoms with Gasteiger partial charge in [-0.2, -0.15) is 0 Å². The summed E-state index contributed by atoms with van der Waals surface area (Å²) in [6, 6.07) is 0. The summed E-state index contributed by atoms with van der Waals surface area (Å²) in [4.78, 5) is 20.5. The standard InChI is InChI=1S/2C20H40O2.2H2O.U/c2*1-2-3-4-5-6-7-8-9-10-11-12-13-14-15-16-17-18-19-20(21)22;;;/h2*2-19H2,1H3,(H,21,22);2*1H2;/q;;;;+2/p-2. The molecule has 0 aliphatic rings. The number of aliphatic carboxylic acids is 2. The zero-order chi connectivity index (χ0) is 32.6. The van der Waals surface area contributed by atoms with E-state index in [1.807, 2.05) is 0 Å². The van der Waals surface area contributed by atoms with E-state index in [-0.39, 0.29) is 54.9 Å². The van der Waals surface area contributed by atoms with Gasteiger partial charge in [-0.15, -0.1) is 0 Å². The molecule has 0 aliphatic heterocycles. The fourth-order valence-corrected chi connectivity index (χ4v) is 5.99. The Labute approximate surface area is 317 Å². The molecule has 0 fully saturated rings. The van der Waals surface area contributed by atoms with Gasteiger partial charge in [-0.3, -0.25) is 0 Å². The SMILES string of the molecule is CCCCCCCCCCCCCCCCCCCC(=O)[O-].CCCCCCCCCCCCCCCCCCCC(=O)[O-].O.O.[U+2]. The van der Waals surface area contributed by atoms with Crippen molar-refractivity contribution in [3.63, 3.8) is 0 Å². The van der Waals surface area contributed by atoms with Crippen LogP contribution in [-0.4, -0.2) is 22.9 Å². The molecular formula is C40H82O6U. The summed E-state index contributed by atoms with van der Waals surface area (Å²) < 4.78 is 0. The van der Waals surface area contributed by atoms with E-state index in [1.54, 1.807) is 0 Å². The van der Waals surface area contributed by atoms with Gasteiger partial charge >= 0.3 is 31.1 Å². The topological polar surface area (TPSA) is 143 Å². The van der Waals surface area contributed by atoms with Crippen molar-refractivity contribution < 1.29 is 61.9 Å². The molecule has 47 heavy (non-hydrogen) atoms. The van der Waals surface area contributed by atoms with E-state index in [4.69, 9.17) is 0 Å². The van der Waals surface area contributed by atoms with E-state index >= 15 is 0 Å². The minimum atomic E-state index is -0.902. The van der Waals surface area contributed by atoms with Crippen molar-refractivity contribution >= 4 is 11.9 Å². The van der Waals surface area contributed by atoms with E-state index in [0.29, 0.717) is 0 Å². The molecule has 7 heteroatoms. The van der Waals surface area contributed by atoms with Gasteiger partial charge in [0.15, 0.2) is 0 Å². The van der Waals surface area contributed by atoms with Crippen molar-refractivity contribution in [3.05, 3.63) is 0 Å². The van der Waals surface area contributed by atoms with E-state index < -0.39 is 11.9 Å². The second-order valence-corrected chi connectivity index (χ2v) is 13.6. The van der Waals surface area contributed by atoms with Gasteiger partial charge in [0.1, 0.15) is 0 Å². The smallest absolute Gasteiger partial charge is 0.550 e. The second kappa shape index (κ2) is 52.7. The van der Waals surface area contributed by atoms with Crippen LogP contribution in [0.1, 0.15) is 245 Å². The summed E-state index contributed by atoms with van der Waals surface area (Å²) in [5.41, 5.74) is 0. The molecule has 282 valence electrons. The summed E-state index contributed by atoms with van der Waals surface area (Å²) in [5, 5.41) is 20.5. The minimum absolute atomic E-state index is 0. The largest absolute Gasteiger partial charge is 2.00 e. The Kier molecular flexibility index (Phi) is 63.1. The molecule has 0 radical (unpaired) electrons. The van der Waals surface area contributed by atoms with Crippen molar-refractivity contribution in [1.82, 2.24) is 0 Å². The average molecular weight is 897 g/mol. The van der Waals surface area contributed by atoms with E-state index in [1.165, 1.54) is 193 Å². The number of hydrogen-bond acceptors (Lipinski definition) is 4. The number of unbranched alkanes of at least 4 members (excludes halogenated alkanes) is 32. The van der Waals surface area contributed by atoms with E-state index in [9.17, 15) is 19.8 Å². The zero-order valence-corrected chi connectivity index (χ0v) is 35.8. The summed E-state index contributed by atoms with van der Waals surface area (Å²) in [7, 11) is 0.